The molecule has 6 amide bonds. The summed E-state index contributed by atoms with van der Waals surface area (Å²) in [5, 5.41) is 13.5. The van der Waals surface area contributed by atoms with Crippen molar-refractivity contribution in [1.82, 2.24) is 26.6 Å². The second kappa shape index (κ2) is 21.2. The van der Waals surface area contributed by atoms with E-state index in [1.807, 2.05) is 27.7 Å². The predicted molar refractivity (Wildman–Crippen MR) is 141 cm³/mol. The normalized spacial score (nSPS) is 12.4. The summed E-state index contributed by atoms with van der Waals surface area (Å²) in [4.78, 5) is 60.4. The molecule has 12 heteroatoms. The van der Waals surface area contributed by atoms with Crippen LogP contribution in [0.25, 0.3) is 0 Å². The highest BCUT2D eigenvalue weighted by Crippen LogP contribution is 2.07. The fraction of sp³-hybridized carbons (Fsp3) is 0.800. The number of carbonyl (C=O) groups excluding carboxylic acids is 5. The van der Waals surface area contributed by atoms with E-state index in [1.54, 1.807) is 0 Å². The summed E-state index contributed by atoms with van der Waals surface area (Å²) < 4.78 is 5.43. The first-order chi connectivity index (χ1) is 17.6. The fourth-order valence-electron chi connectivity index (χ4n) is 3.41. The van der Waals surface area contributed by atoms with E-state index in [0.717, 1.165) is 25.7 Å². The van der Waals surface area contributed by atoms with Crippen molar-refractivity contribution in [3.63, 3.8) is 0 Å². The molecule has 0 radical (unpaired) electrons. The minimum absolute atomic E-state index is 0.0272. The maximum absolute atomic E-state index is 13.0. The molecule has 37 heavy (non-hydrogen) atoms. The van der Waals surface area contributed by atoms with Crippen molar-refractivity contribution in [3.05, 3.63) is 0 Å². The van der Waals surface area contributed by atoms with Crippen LogP contribution in [-0.2, 0) is 23.9 Å². The minimum Gasteiger partial charge on any atom is -0.378 e. The second-order valence-electron chi connectivity index (χ2n) is 9.24. The first-order valence-electron chi connectivity index (χ1n) is 13.4. The van der Waals surface area contributed by atoms with E-state index in [1.165, 1.54) is 0 Å². The average molecular weight is 529 g/mol. The first kappa shape index (κ1) is 34.1. The monoisotopic (exact) mass is 528 g/mol. The van der Waals surface area contributed by atoms with Crippen LogP contribution in [0.4, 0.5) is 4.79 Å². The second-order valence-corrected chi connectivity index (χ2v) is 9.24. The first-order valence-corrected chi connectivity index (χ1v) is 13.4. The van der Waals surface area contributed by atoms with E-state index >= 15 is 0 Å². The molecule has 7 N–H and O–H groups in total. The van der Waals surface area contributed by atoms with Crippen molar-refractivity contribution in [2.45, 2.75) is 91.1 Å². The number of urea groups is 1. The van der Waals surface area contributed by atoms with Gasteiger partial charge in [0.25, 0.3) is 0 Å². The summed E-state index contributed by atoms with van der Waals surface area (Å²) in [6.07, 6.45) is 4.93. The van der Waals surface area contributed by atoms with Gasteiger partial charge in [-0.2, -0.15) is 0 Å². The molecule has 0 spiro atoms. The van der Waals surface area contributed by atoms with Crippen LogP contribution in [0.2, 0.25) is 0 Å². The van der Waals surface area contributed by atoms with Gasteiger partial charge in [0.2, 0.25) is 23.6 Å². The highest BCUT2D eigenvalue weighted by Gasteiger charge is 2.28. The maximum atomic E-state index is 13.0. The Balaban J connectivity index is 4.82. The van der Waals surface area contributed by atoms with Crippen LogP contribution in [0, 0.1) is 5.92 Å². The van der Waals surface area contributed by atoms with Crippen LogP contribution >= 0.6 is 0 Å². The van der Waals surface area contributed by atoms with Gasteiger partial charge in [-0.1, -0.05) is 40.5 Å². The summed E-state index contributed by atoms with van der Waals surface area (Å²) in [5.74, 6) is -1.25. The summed E-state index contributed by atoms with van der Waals surface area (Å²) in [7, 11) is 0. The zero-order chi connectivity index (χ0) is 28.1. The third-order valence-corrected chi connectivity index (χ3v) is 5.47. The Morgan fingerprint density at radius 2 is 1.41 bits per heavy atom. The number of unbranched alkanes of at least 4 members (excludes halogenated alkanes) is 2. The predicted octanol–water partition coefficient (Wildman–Crippen LogP) is 0.690. The number of hydrogen-bond acceptors (Lipinski definition) is 6. The lowest BCUT2D eigenvalue weighted by Crippen LogP contribution is -2.55. The highest BCUT2D eigenvalue weighted by molar-refractivity contribution is 5.92. The molecule has 0 saturated carbocycles. The SMILES string of the molecule is CCCCCC(=O)N[C@H](C(=O)N[C@@H](CCCNC(N)=O)C(=O)NCCOCCNC(=O)CCC)C(C)C. The molecule has 0 heterocycles. The molecule has 0 aromatic heterocycles. The lowest BCUT2D eigenvalue weighted by Gasteiger charge is -2.25. The molecule has 0 rings (SSSR count). The molecule has 0 saturated heterocycles. The molecular weight excluding hydrogens is 480 g/mol. The number of nitrogens with two attached hydrogens (primary N) is 1. The van der Waals surface area contributed by atoms with Crippen molar-refractivity contribution in [1.29, 1.82) is 0 Å². The summed E-state index contributed by atoms with van der Waals surface area (Å²) in [6, 6.07) is -2.31. The number of rotatable bonds is 21. The number of nitrogens with one attached hydrogen (secondary N) is 5. The fourth-order valence-corrected chi connectivity index (χ4v) is 3.41. The van der Waals surface area contributed by atoms with Gasteiger partial charge in [0.1, 0.15) is 12.1 Å². The number of amides is 6. The topological polar surface area (TPSA) is 181 Å². The molecule has 0 aliphatic rings. The van der Waals surface area contributed by atoms with E-state index in [0.29, 0.717) is 32.4 Å². The molecule has 0 fully saturated rings. The van der Waals surface area contributed by atoms with Crippen LogP contribution in [0.15, 0.2) is 0 Å². The van der Waals surface area contributed by atoms with Crippen LogP contribution < -0.4 is 32.3 Å². The molecular formula is C25H48N6O6. The molecule has 0 aliphatic carbocycles. The summed E-state index contributed by atoms with van der Waals surface area (Å²) in [5.41, 5.74) is 5.08. The van der Waals surface area contributed by atoms with Gasteiger partial charge in [-0.3, -0.25) is 19.2 Å². The van der Waals surface area contributed by atoms with Gasteiger partial charge in [-0.05, 0) is 31.6 Å². The van der Waals surface area contributed by atoms with Gasteiger partial charge >= 0.3 is 6.03 Å². The smallest absolute Gasteiger partial charge is 0.312 e. The van der Waals surface area contributed by atoms with Crippen LogP contribution in [0.1, 0.15) is 79.1 Å². The Hall–Kier alpha value is -2.89. The van der Waals surface area contributed by atoms with E-state index < -0.39 is 29.9 Å². The van der Waals surface area contributed by atoms with E-state index in [-0.39, 0.29) is 43.8 Å². The quantitative estimate of drug-likeness (QED) is 0.119. The molecule has 0 unspecified atom stereocenters. The van der Waals surface area contributed by atoms with Crippen molar-refractivity contribution in [2.24, 2.45) is 11.7 Å². The average Bonchev–Trinajstić information content (AvgIpc) is 2.83. The third kappa shape index (κ3) is 18.1. The zero-order valence-corrected chi connectivity index (χ0v) is 23.0. The molecule has 0 aliphatic heterocycles. The molecule has 2 atom stereocenters. The van der Waals surface area contributed by atoms with Crippen molar-refractivity contribution < 1.29 is 28.7 Å². The van der Waals surface area contributed by atoms with Gasteiger partial charge < -0.3 is 37.1 Å². The van der Waals surface area contributed by atoms with Crippen LogP contribution in [-0.4, -0.2) is 74.6 Å². The lowest BCUT2D eigenvalue weighted by molar-refractivity contribution is -0.133. The van der Waals surface area contributed by atoms with Gasteiger partial charge in [0.05, 0.1) is 13.2 Å². The maximum Gasteiger partial charge on any atom is 0.312 e. The van der Waals surface area contributed by atoms with Crippen LogP contribution in [0.3, 0.4) is 0 Å². The standard InChI is InChI=1S/C25H48N6O6/c1-5-7-8-12-21(33)31-22(18(3)4)24(35)30-19(11-9-13-29-25(26)36)23(34)28-15-17-37-16-14-27-20(32)10-6-2/h18-19,22H,5-17H2,1-4H3,(H,27,32)(H,28,34)(H,30,35)(H,31,33)(H3,26,29,36)/t19-,22-/m0/s1. The molecule has 0 aromatic rings. The Kier molecular flexibility index (Phi) is 19.6. The van der Waals surface area contributed by atoms with Crippen molar-refractivity contribution >= 4 is 29.7 Å². The lowest BCUT2D eigenvalue weighted by atomic mass is 10.0. The number of hydrogen-bond donors (Lipinski definition) is 6. The summed E-state index contributed by atoms with van der Waals surface area (Å²) >= 11 is 0. The number of carbonyl (C=O) groups is 5. The largest absolute Gasteiger partial charge is 0.378 e. The molecule has 214 valence electrons. The molecule has 0 bridgehead atoms. The van der Waals surface area contributed by atoms with Gasteiger partial charge in [-0.15, -0.1) is 0 Å². The molecule has 12 nitrogen and oxygen atoms in total. The zero-order valence-electron chi connectivity index (χ0n) is 23.0. The Morgan fingerprint density at radius 3 is 2.00 bits per heavy atom. The molecule has 0 aromatic carbocycles. The highest BCUT2D eigenvalue weighted by atomic mass is 16.5. The van der Waals surface area contributed by atoms with E-state index in [2.05, 4.69) is 26.6 Å². The number of ether oxygens (including phenoxy) is 1. The van der Waals surface area contributed by atoms with Gasteiger partial charge in [0, 0.05) is 32.5 Å². The van der Waals surface area contributed by atoms with Gasteiger partial charge in [0.15, 0.2) is 0 Å². The van der Waals surface area contributed by atoms with E-state index in [4.69, 9.17) is 10.5 Å². The summed E-state index contributed by atoms with van der Waals surface area (Å²) in [6.45, 7) is 9.04. The van der Waals surface area contributed by atoms with Crippen molar-refractivity contribution in [2.75, 3.05) is 32.8 Å². The number of primary amides is 1. The van der Waals surface area contributed by atoms with Crippen LogP contribution in [0.5, 0.6) is 0 Å². The Bertz CT molecular complexity index is 703. The Morgan fingerprint density at radius 1 is 0.730 bits per heavy atom. The Labute approximate surface area is 221 Å². The van der Waals surface area contributed by atoms with Crippen molar-refractivity contribution in [3.8, 4) is 0 Å². The van der Waals surface area contributed by atoms with Gasteiger partial charge in [-0.25, -0.2) is 4.79 Å². The third-order valence-electron chi connectivity index (χ3n) is 5.47. The van der Waals surface area contributed by atoms with E-state index in [9.17, 15) is 24.0 Å². The minimum atomic E-state index is -0.867.